The van der Waals surface area contributed by atoms with E-state index in [1.165, 1.54) is 0 Å². The molecule has 1 fully saturated rings. The van der Waals surface area contributed by atoms with E-state index in [-0.39, 0.29) is 17.3 Å². The number of halogens is 2. The summed E-state index contributed by atoms with van der Waals surface area (Å²) in [6.07, 6.45) is 1.87. The van der Waals surface area contributed by atoms with Crippen molar-refractivity contribution in [1.82, 2.24) is 0 Å². The summed E-state index contributed by atoms with van der Waals surface area (Å²) >= 11 is 6.07. The van der Waals surface area contributed by atoms with Crippen molar-refractivity contribution < 1.29 is 4.39 Å². The van der Waals surface area contributed by atoms with Crippen molar-refractivity contribution in [2.75, 3.05) is 0 Å². The van der Waals surface area contributed by atoms with Crippen molar-refractivity contribution in [3.05, 3.63) is 34.1 Å². The normalized spacial score (nSPS) is 20.1. The van der Waals surface area contributed by atoms with Crippen LogP contribution in [0, 0.1) is 12.7 Å². The number of aryl methyl sites for hydroxylation is 1. The summed E-state index contributed by atoms with van der Waals surface area (Å²) in [4.78, 5) is 0. The molecule has 0 aliphatic heterocycles. The lowest BCUT2D eigenvalue weighted by molar-refractivity contribution is 0.509. The van der Waals surface area contributed by atoms with Crippen LogP contribution >= 0.6 is 11.6 Å². The first-order chi connectivity index (χ1) is 6.99. The molecular formula is C12H15ClFN. The van der Waals surface area contributed by atoms with E-state index in [0.717, 1.165) is 12.8 Å². The Labute approximate surface area is 94.4 Å². The van der Waals surface area contributed by atoms with E-state index >= 15 is 0 Å². The van der Waals surface area contributed by atoms with Gasteiger partial charge in [0.25, 0.3) is 0 Å². The maximum absolute atomic E-state index is 14.0. The molecule has 1 aromatic rings. The maximum Gasteiger partial charge on any atom is 0.131 e. The van der Waals surface area contributed by atoms with Gasteiger partial charge in [-0.05, 0) is 38.3 Å². The quantitative estimate of drug-likeness (QED) is 0.825. The Morgan fingerprint density at radius 2 is 2.07 bits per heavy atom. The van der Waals surface area contributed by atoms with Gasteiger partial charge in [0.1, 0.15) is 5.82 Å². The molecule has 1 atom stereocenters. The van der Waals surface area contributed by atoms with Gasteiger partial charge in [-0.25, -0.2) is 4.39 Å². The van der Waals surface area contributed by atoms with E-state index in [1.807, 2.05) is 6.92 Å². The van der Waals surface area contributed by atoms with Crippen LogP contribution in [-0.4, -0.2) is 6.04 Å². The highest BCUT2D eigenvalue weighted by atomic mass is 35.5. The second kappa shape index (κ2) is 3.46. The van der Waals surface area contributed by atoms with Gasteiger partial charge in [-0.2, -0.15) is 0 Å². The summed E-state index contributed by atoms with van der Waals surface area (Å²) in [5, 5.41) is 0.507. The monoisotopic (exact) mass is 227 g/mol. The predicted octanol–water partition coefficient (Wildman–Crippen LogP) is 3.17. The first kappa shape index (κ1) is 10.9. The summed E-state index contributed by atoms with van der Waals surface area (Å²) in [6, 6.07) is 3.42. The molecule has 1 aliphatic carbocycles. The van der Waals surface area contributed by atoms with Crippen LogP contribution in [0.1, 0.15) is 30.9 Å². The summed E-state index contributed by atoms with van der Waals surface area (Å²) in [7, 11) is 0. The van der Waals surface area contributed by atoms with Crippen LogP contribution in [0.5, 0.6) is 0 Å². The van der Waals surface area contributed by atoms with E-state index < -0.39 is 0 Å². The largest absolute Gasteiger partial charge is 0.327 e. The summed E-state index contributed by atoms with van der Waals surface area (Å²) in [6.45, 7) is 3.68. The molecule has 0 radical (unpaired) electrons. The zero-order chi connectivity index (χ0) is 11.2. The van der Waals surface area contributed by atoms with E-state index in [9.17, 15) is 4.39 Å². The van der Waals surface area contributed by atoms with Gasteiger partial charge in [-0.15, -0.1) is 0 Å². The Kier molecular flexibility index (Phi) is 2.52. The summed E-state index contributed by atoms with van der Waals surface area (Å²) < 4.78 is 14.0. The highest BCUT2D eigenvalue weighted by Gasteiger charge is 2.50. The maximum atomic E-state index is 14.0. The molecule has 0 amide bonds. The van der Waals surface area contributed by atoms with Gasteiger partial charge in [0.05, 0.1) is 0 Å². The molecule has 1 unspecified atom stereocenters. The van der Waals surface area contributed by atoms with E-state index in [2.05, 4.69) is 0 Å². The van der Waals surface area contributed by atoms with Gasteiger partial charge >= 0.3 is 0 Å². The van der Waals surface area contributed by atoms with Gasteiger partial charge in [0.15, 0.2) is 0 Å². The second-order valence-electron chi connectivity index (χ2n) is 4.50. The van der Waals surface area contributed by atoms with Crippen LogP contribution in [0.3, 0.4) is 0 Å². The molecule has 0 bridgehead atoms. The van der Waals surface area contributed by atoms with Gasteiger partial charge in [-0.1, -0.05) is 17.7 Å². The standard InChI is InChI=1S/C12H15ClFN/c1-7-3-4-9(13)10(11(7)14)12(5-6-12)8(2)15/h3-4,8H,5-6,15H2,1-2H3. The van der Waals surface area contributed by atoms with Gasteiger partial charge in [0, 0.05) is 22.0 Å². The first-order valence-corrected chi connectivity index (χ1v) is 5.57. The van der Waals surface area contributed by atoms with Crippen molar-refractivity contribution in [3.63, 3.8) is 0 Å². The third-order valence-corrected chi connectivity index (χ3v) is 3.76. The number of hydrogen-bond donors (Lipinski definition) is 1. The SMILES string of the molecule is Cc1ccc(Cl)c(C2(C(C)N)CC2)c1F. The number of rotatable bonds is 2. The third-order valence-electron chi connectivity index (χ3n) is 3.44. The lowest BCUT2D eigenvalue weighted by Crippen LogP contribution is -2.32. The minimum Gasteiger partial charge on any atom is -0.327 e. The molecule has 1 aromatic carbocycles. The van der Waals surface area contributed by atoms with Crippen molar-refractivity contribution in [3.8, 4) is 0 Å². The fourth-order valence-corrected chi connectivity index (χ4v) is 2.51. The number of benzene rings is 1. The van der Waals surface area contributed by atoms with Crippen LogP contribution in [-0.2, 0) is 5.41 Å². The van der Waals surface area contributed by atoms with Crippen LogP contribution in [0.25, 0.3) is 0 Å². The summed E-state index contributed by atoms with van der Waals surface area (Å²) in [5.74, 6) is -0.183. The van der Waals surface area contributed by atoms with E-state index in [0.29, 0.717) is 16.1 Å². The van der Waals surface area contributed by atoms with Gasteiger partial charge < -0.3 is 5.73 Å². The van der Waals surface area contributed by atoms with Crippen LogP contribution in [0.15, 0.2) is 12.1 Å². The Morgan fingerprint density at radius 3 is 2.53 bits per heavy atom. The fourth-order valence-electron chi connectivity index (χ4n) is 2.18. The molecule has 1 nitrogen and oxygen atoms in total. The molecule has 82 valence electrons. The Balaban J connectivity index is 2.57. The van der Waals surface area contributed by atoms with Crippen molar-refractivity contribution >= 4 is 11.6 Å². The van der Waals surface area contributed by atoms with Gasteiger partial charge in [-0.3, -0.25) is 0 Å². The fraction of sp³-hybridized carbons (Fsp3) is 0.500. The highest BCUT2D eigenvalue weighted by Crippen LogP contribution is 2.53. The first-order valence-electron chi connectivity index (χ1n) is 5.20. The lowest BCUT2D eigenvalue weighted by atomic mass is 9.88. The molecule has 0 spiro atoms. The minimum absolute atomic E-state index is 0.0497. The van der Waals surface area contributed by atoms with E-state index in [4.69, 9.17) is 17.3 Å². The van der Waals surface area contributed by atoms with E-state index in [1.54, 1.807) is 19.1 Å². The molecule has 1 saturated carbocycles. The molecule has 3 heteroatoms. The van der Waals surface area contributed by atoms with Crippen molar-refractivity contribution in [1.29, 1.82) is 0 Å². The van der Waals surface area contributed by atoms with Crippen LogP contribution < -0.4 is 5.73 Å². The number of hydrogen-bond acceptors (Lipinski definition) is 1. The highest BCUT2D eigenvalue weighted by molar-refractivity contribution is 6.31. The minimum atomic E-state index is -0.215. The zero-order valence-corrected chi connectivity index (χ0v) is 9.74. The zero-order valence-electron chi connectivity index (χ0n) is 8.98. The molecule has 15 heavy (non-hydrogen) atoms. The molecular weight excluding hydrogens is 213 g/mol. The van der Waals surface area contributed by atoms with Crippen molar-refractivity contribution in [2.24, 2.45) is 5.73 Å². The van der Waals surface area contributed by atoms with Crippen LogP contribution in [0.4, 0.5) is 4.39 Å². The number of nitrogens with two attached hydrogens (primary N) is 1. The topological polar surface area (TPSA) is 26.0 Å². The molecule has 0 saturated heterocycles. The molecule has 2 N–H and O–H groups in total. The van der Waals surface area contributed by atoms with Gasteiger partial charge in [0.2, 0.25) is 0 Å². The average molecular weight is 228 g/mol. The molecule has 0 aromatic heterocycles. The average Bonchev–Trinajstić information content (AvgIpc) is 2.93. The molecule has 0 heterocycles. The predicted molar refractivity (Wildman–Crippen MR) is 60.7 cm³/mol. The molecule has 2 rings (SSSR count). The Hall–Kier alpha value is -0.600. The van der Waals surface area contributed by atoms with Crippen molar-refractivity contribution in [2.45, 2.75) is 38.1 Å². The summed E-state index contributed by atoms with van der Waals surface area (Å²) in [5.41, 5.74) is 6.98. The van der Waals surface area contributed by atoms with Crippen LogP contribution in [0.2, 0.25) is 5.02 Å². The third kappa shape index (κ3) is 1.56. The lowest BCUT2D eigenvalue weighted by Gasteiger charge is -2.22. The Bertz CT molecular complexity index is 397. The second-order valence-corrected chi connectivity index (χ2v) is 4.91. The Morgan fingerprint density at radius 1 is 1.47 bits per heavy atom. The molecule has 1 aliphatic rings. The smallest absolute Gasteiger partial charge is 0.131 e.